The molecule has 2 saturated heterocycles. The number of rotatable bonds is 5. The number of benzene rings is 2. The third-order valence-electron chi connectivity index (χ3n) is 6.12. The van der Waals surface area contributed by atoms with Gasteiger partial charge in [0, 0.05) is 31.8 Å². The maximum absolute atomic E-state index is 13.8. The van der Waals surface area contributed by atoms with Crippen LogP contribution in [0.1, 0.15) is 16.8 Å². The number of fused-ring (bicyclic) bond motifs is 2. The highest BCUT2D eigenvalue weighted by molar-refractivity contribution is 6.14. The average molecular weight is 431 g/mol. The molecule has 3 aromatic rings. The molecule has 0 aliphatic carbocycles. The van der Waals surface area contributed by atoms with Crippen molar-refractivity contribution < 1.29 is 9.18 Å². The lowest BCUT2D eigenvalue weighted by Crippen LogP contribution is -2.65. The third kappa shape index (κ3) is 3.66. The predicted molar refractivity (Wildman–Crippen MR) is 122 cm³/mol. The van der Waals surface area contributed by atoms with E-state index < -0.39 is 5.82 Å². The van der Waals surface area contributed by atoms with Crippen molar-refractivity contribution in [3.05, 3.63) is 60.0 Å². The number of para-hydroxylation sites is 2. The Kier molecular flexibility index (Phi) is 5.22. The quantitative estimate of drug-likeness (QED) is 0.478. The summed E-state index contributed by atoms with van der Waals surface area (Å²) in [5.74, 6) is 0.694. The van der Waals surface area contributed by atoms with Crippen molar-refractivity contribution in [1.82, 2.24) is 14.9 Å². The van der Waals surface area contributed by atoms with E-state index in [1.807, 2.05) is 24.3 Å². The number of likely N-dealkylation sites (tertiary alicyclic amines) is 1. The van der Waals surface area contributed by atoms with E-state index in [1.165, 1.54) is 24.4 Å². The van der Waals surface area contributed by atoms with E-state index in [-0.39, 0.29) is 17.6 Å². The summed E-state index contributed by atoms with van der Waals surface area (Å²) >= 11 is 0. The van der Waals surface area contributed by atoms with Crippen molar-refractivity contribution in [1.29, 1.82) is 5.41 Å². The fourth-order valence-corrected chi connectivity index (χ4v) is 4.44. The number of halogens is 1. The van der Waals surface area contributed by atoms with E-state index in [9.17, 15) is 9.18 Å². The Bertz CT molecular complexity index is 1210. The summed E-state index contributed by atoms with van der Waals surface area (Å²) in [6.45, 7) is 2.12. The van der Waals surface area contributed by atoms with Crippen LogP contribution >= 0.6 is 0 Å². The number of amides is 1. The molecule has 2 fully saturated rings. The highest BCUT2D eigenvalue weighted by Crippen LogP contribution is 2.36. The van der Waals surface area contributed by atoms with Crippen molar-refractivity contribution >= 4 is 40.9 Å². The summed E-state index contributed by atoms with van der Waals surface area (Å²) in [4.78, 5) is 26.6. The van der Waals surface area contributed by atoms with Gasteiger partial charge in [-0.1, -0.05) is 12.1 Å². The Morgan fingerprint density at radius 2 is 2.06 bits per heavy atom. The molecule has 2 aromatic carbocycles. The molecule has 0 radical (unpaired) electrons. The summed E-state index contributed by atoms with van der Waals surface area (Å²) in [7, 11) is 0. The van der Waals surface area contributed by atoms with Crippen LogP contribution in [0.15, 0.2) is 53.8 Å². The summed E-state index contributed by atoms with van der Waals surface area (Å²) < 4.78 is 13.8. The molecule has 2 atom stereocenters. The molecule has 32 heavy (non-hydrogen) atoms. The van der Waals surface area contributed by atoms with Gasteiger partial charge in [0.25, 0.3) is 5.91 Å². The molecule has 1 amide bonds. The van der Waals surface area contributed by atoms with Crippen LogP contribution in [-0.2, 0) is 0 Å². The second-order valence-electron chi connectivity index (χ2n) is 7.98. The van der Waals surface area contributed by atoms with Gasteiger partial charge in [0.1, 0.15) is 11.6 Å². The molecule has 1 aromatic heterocycles. The smallest absolute Gasteiger partial charge is 0.256 e. The number of carbonyl (C=O) groups is 1. The highest BCUT2D eigenvalue weighted by Gasteiger charge is 2.44. The van der Waals surface area contributed by atoms with Crippen molar-refractivity contribution in [3.63, 3.8) is 0 Å². The number of carbonyl (C=O) groups excluding carboxylic acids is 1. The second kappa shape index (κ2) is 8.33. The Hall–Kier alpha value is -3.88. The zero-order chi connectivity index (χ0) is 22.1. The molecule has 2 aliphatic rings. The van der Waals surface area contributed by atoms with E-state index in [4.69, 9.17) is 10.4 Å². The van der Waals surface area contributed by atoms with E-state index >= 15 is 0 Å². The first-order chi connectivity index (χ1) is 15.6. The van der Waals surface area contributed by atoms with Crippen LogP contribution in [0.5, 0.6) is 0 Å². The van der Waals surface area contributed by atoms with Crippen LogP contribution in [-0.4, -0.2) is 58.9 Å². The van der Waals surface area contributed by atoms with Crippen molar-refractivity contribution in [2.45, 2.75) is 12.5 Å². The van der Waals surface area contributed by atoms with Crippen molar-refractivity contribution in [2.75, 3.05) is 30.0 Å². The van der Waals surface area contributed by atoms with E-state index in [1.54, 1.807) is 11.1 Å². The minimum Gasteiger partial charge on any atom is -0.350 e. The van der Waals surface area contributed by atoms with Crippen molar-refractivity contribution in [2.24, 2.45) is 11.0 Å². The lowest BCUT2D eigenvalue weighted by Gasteiger charge is -2.53. The number of anilines is 2. The van der Waals surface area contributed by atoms with Gasteiger partial charge in [0.2, 0.25) is 0 Å². The van der Waals surface area contributed by atoms with Gasteiger partial charge in [-0.2, -0.15) is 5.10 Å². The van der Waals surface area contributed by atoms with E-state index in [0.717, 1.165) is 36.0 Å². The molecular weight excluding hydrogens is 409 g/mol. The fraction of sp³-hybridized carbons (Fsp3) is 0.261. The zero-order valence-electron chi connectivity index (χ0n) is 17.3. The van der Waals surface area contributed by atoms with Gasteiger partial charge in [-0.25, -0.2) is 9.37 Å². The normalized spacial score (nSPS) is 20.2. The standard InChI is InChI=1S/C23H22FN7O/c24-16-5-6-17(20(11-16)29-27-9-8-25)23(32)30-10-7-15-13-31(21(15)14-30)22-12-26-18-3-1-2-4-19(18)28-22/h1-6,8-9,11-12,15,21,25,29H,7,10,13-14H2/b25-8?,27-9-/t15-,21-/m0/s1. The monoisotopic (exact) mass is 431 g/mol. The molecule has 3 heterocycles. The van der Waals surface area contributed by atoms with Crippen molar-refractivity contribution in [3.8, 4) is 0 Å². The lowest BCUT2D eigenvalue weighted by molar-refractivity contribution is 0.0592. The molecule has 0 saturated carbocycles. The Balaban J connectivity index is 1.35. The van der Waals surface area contributed by atoms with Gasteiger partial charge < -0.3 is 15.2 Å². The average Bonchev–Trinajstić information content (AvgIpc) is 2.80. The molecule has 0 spiro atoms. The third-order valence-corrected chi connectivity index (χ3v) is 6.12. The topological polar surface area (TPSA) is 97.6 Å². The molecule has 8 nitrogen and oxygen atoms in total. The molecular formula is C23H22FN7O. The zero-order valence-corrected chi connectivity index (χ0v) is 17.3. The molecule has 162 valence electrons. The molecule has 0 bridgehead atoms. The number of hydrazone groups is 1. The number of hydrogen-bond donors (Lipinski definition) is 2. The minimum atomic E-state index is -0.465. The van der Waals surface area contributed by atoms with E-state index in [2.05, 4.69) is 20.4 Å². The molecule has 5 rings (SSSR count). The molecule has 0 unspecified atom stereocenters. The Morgan fingerprint density at radius 1 is 1.22 bits per heavy atom. The van der Waals surface area contributed by atoms with Crippen LogP contribution in [0, 0.1) is 17.1 Å². The largest absolute Gasteiger partial charge is 0.350 e. The first-order valence-electron chi connectivity index (χ1n) is 10.5. The summed E-state index contributed by atoms with van der Waals surface area (Å²) in [5.41, 5.74) is 5.00. The maximum Gasteiger partial charge on any atom is 0.256 e. The van der Waals surface area contributed by atoms with E-state index in [0.29, 0.717) is 24.6 Å². The van der Waals surface area contributed by atoms with Crippen LogP contribution in [0.25, 0.3) is 11.0 Å². The first-order valence-corrected chi connectivity index (χ1v) is 10.5. The summed E-state index contributed by atoms with van der Waals surface area (Å²) in [6, 6.07) is 11.9. The van der Waals surface area contributed by atoms with Gasteiger partial charge in [0.05, 0.1) is 40.7 Å². The van der Waals surface area contributed by atoms with Gasteiger partial charge in [-0.3, -0.25) is 15.2 Å². The Morgan fingerprint density at radius 3 is 2.91 bits per heavy atom. The lowest BCUT2D eigenvalue weighted by atomic mass is 9.82. The van der Waals surface area contributed by atoms with Gasteiger partial charge >= 0.3 is 0 Å². The maximum atomic E-state index is 13.8. The second-order valence-corrected chi connectivity index (χ2v) is 7.98. The summed E-state index contributed by atoms with van der Waals surface area (Å²) in [5, 5.41) is 10.8. The van der Waals surface area contributed by atoms with Crippen LogP contribution in [0.4, 0.5) is 15.9 Å². The number of piperidine rings is 1. The molecule has 2 aliphatic heterocycles. The van der Waals surface area contributed by atoms with Crippen LogP contribution in [0.3, 0.4) is 0 Å². The first kappa shape index (κ1) is 20.0. The number of nitrogens with one attached hydrogen (secondary N) is 2. The van der Waals surface area contributed by atoms with Crippen LogP contribution in [0.2, 0.25) is 0 Å². The molecule has 2 N–H and O–H groups in total. The van der Waals surface area contributed by atoms with Gasteiger partial charge in [-0.05, 0) is 36.8 Å². The predicted octanol–water partition coefficient (Wildman–Crippen LogP) is 3.17. The van der Waals surface area contributed by atoms with Gasteiger partial charge in [-0.15, -0.1) is 0 Å². The fourth-order valence-electron chi connectivity index (χ4n) is 4.44. The van der Waals surface area contributed by atoms with Crippen LogP contribution < -0.4 is 10.3 Å². The number of hydrogen-bond acceptors (Lipinski definition) is 7. The SMILES string of the molecule is N=C/C=N\Nc1cc(F)ccc1C(=O)N1CC[C@H]2CN(c3cnc4ccccc4n3)[C@H]2C1. The summed E-state index contributed by atoms with van der Waals surface area (Å²) in [6.07, 6.45) is 4.92. The minimum absolute atomic E-state index is 0.174. The number of aromatic nitrogens is 2. The molecule has 9 heteroatoms. The highest BCUT2D eigenvalue weighted by atomic mass is 19.1. The number of nitrogens with zero attached hydrogens (tertiary/aromatic N) is 5. The van der Waals surface area contributed by atoms with Gasteiger partial charge in [0.15, 0.2) is 0 Å². The Labute approximate surface area is 184 Å².